The van der Waals surface area contributed by atoms with Gasteiger partial charge in [0.05, 0.1) is 0 Å². The first kappa shape index (κ1) is 13.1. The van der Waals surface area contributed by atoms with E-state index in [9.17, 15) is 0 Å². The van der Waals surface area contributed by atoms with Crippen molar-refractivity contribution in [1.29, 1.82) is 0 Å². The first-order valence-electron chi connectivity index (χ1n) is 6.58. The lowest BCUT2D eigenvalue weighted by molar-refractivity contribution is 0.212. The number of nitrogens with zero attached hydrogens (tertiary/aromatic N) is 3. The second-order valence-corrected chi connectivity index (χ2v) is 5.65. The maximum Gasteiger partial charge on any atom is 0.0492 e. The molecule has 0 radical (unpaired) electrons. The average molecular weight is 300 g/mol. The molecule has 0 atom stereocenters. The zero-order chi connectivity index (χ0) is 12.1. The number of aryl methyl sites for hydroxylation is 1. The lowest BCUT2D eigenvalue weighted by Crippen LogP contribution is -2.36. The molecule has 17 heavy (non-hydrogen) atoms. The van der Waals surface area contributed by atoms with Crippen LogP contribution in [0.15, 0.2) is 12.3 Å². The summed E-state index contributed by atoms with van der Waals surface area (Å²) in [6.07, 6.45) is 8.60. The van der Waals surface area contributed by atoms with Crippen LogP contribution in [0.25, 0.3) is 0 Å². The molecular formula is C13H22BrN3. The van der Waals surface area contributed by atoms with Crippen molar-refractivity contribution >= 4 is 15.9 Å². The van der Waals surface area contributed by atoms with Gasteiger partial charge in [-0.05, 0) is 18.9 Å². The van der Waals surface area contributed by atoms with E-state index in [1.807, 2.05) is 17.9 Å². The Morgan fingerprint density at radius 3 is 2.76 bits per heavy atom. The number of hydrogen-bond donors (Lipinski definition) is 0. The smallest absolute Gasteiger partial charge is 0.0492 e. The molecule has 1 fully saturated rings. The van der Waals surface area contributed by atoms with E-state index in [0.29, 0.717) is 0 Å². The molecule has 3 nitrogen and oxygen atoms in total. The van der Waals surface area contributed by atoms with E-state index < -0.39 is 0 Å². The molecule has 0 aliphatic heterocycles. The van der Waals surface area contributed by atoms with E-state index >= 15 is 0 Å². The molecule has 1 aliphatic carbocycles. The van der Waals surface area contributed by atoms with Crippen LogP contribution in [0.5, 0.6) is 0 Å². The fourth-order valence-corrected chi connectivity index (χ4v) is 3.22. The highest BCUT2D eigenvalue weighted by atomic mass is 79.9. The summed E-state index contributed by atoms with van der Waals surface area (Å²) >= 11 is 3.57. The van der Waals surface area contributed by atoms with Crippen molar-refractivity contribution in [2.24, 2.45) is 7.05 Å². The number of rotatable bonds is 6. The maximum absolute atomic E-state index is 4.23. The summed E-state index contributed by atoms with van der Waals surface area (Å²) in [6, 6.07) is 2.95. The third kappa shape index (κ3) is 3.55. The van der Waals surface area contributed by atoms with Gasteiger partial charge in [0, 0.05) is 49.8 Å². The van der Waals surface area contributed by atoms with Gasteiger partial charge < -0.3 is 0 Å². The number of aromatic nitrogens is 2. The van der Waals surface area contributed by atoms with Gasteiger partial charge >= 0.3 is 0 Å². The summed E-state index contributed by atoms with van der Waals surface area (Å²) in [4.78, 5) is 2.65. The predicted molar refractivity (Wildman–Crippen MR) is 74.5 cm³/mol. The highest BCUT2D eigenvalue weighted by molar-refractivity contribution is 9.09. The monoisotopic (exact) mass is 299 g/mol. The van der Waals surface area contributed by atoms with E-state index in [1.54, 1.807) is 0 Å². The van der Waals surface area contributed by atoms with Crippen LogP contribution in [0.4, 0.5) is 0 Å². The Kier molecular flexibility index (Phi) is 5.04. The van der Waals surface area contributed by atoms with E-state index in [1.165, 1.54) is 37.9 Å². The summed E-state index contributed by atoms with van der Waals surface area (Å²) in [5.74, 6) is 0. The van der Waals surface area contributed by atoms with Crippen molar-refractivity contribution in [3.63, 3.8) is 0 Å². The zero-order valence-corrected chi connectivity index (χ0v) is 12.2. The van der Waals surface area contributed by atoms with Crippen molar-refractivity contribution in [3.8, 4) is 0 Å². The fourth-order valence-electron chi connectivity index (χ4n) is 2.76. The minimum atomic E-state index is 0.820. The van der Waals surface area contributed by atoms with Gasteiger partial charge in [-0.3, -0.25) is 9.58 Å². The molecule has 1 aliphatic rings. The van der Waals surface area contributed by atoms with Gasteiger partial charge in [-0.1, -0.05) is 28.8 Å². The van der Waals surface area contributed by atoms with Gasteiger partial charge in [0.15, 0.2) is 0 Å². The van der Waals surface area contributed by atoms with Crippen molar-refractivity contribution in [2.75, 3.05) is 18.4 Å². The first-order chi connectivity index (χ1) is 8.31. The van der Waals surface area contributed by atoms with Crippen LogP contribution in [0, 0.1) is 0 Å². The second kappa shape index (κ2) is 6.55. The Labute approximate surface area is 112 Å². The van der Waals surface area contributed by atoms with Crippen LogP contribution < -0.4 is 0 Å². The Morgan fingerprint density at radius 2 is 2.18 bits per heavy atom. The maximum atomic E-state index is 4.23. The standard InChI is InChI=1S/C13H22BrN3/c1-16-12(6-9-15-16)7-10-17(11-8-14)13-4-2-3-5-13/h6,9,13H,2-5,7-8,10-11H2,1H3. The van der Waals surface area contributed by atoms with Gasteiger partial charge in [0.2, 0.25) is 0 Å². The Balaban J connectivity index is 1.86. The third-order valence-corrected chi connectivity index (χ3v) is 4.15. The zero-order valence-electron chi connectivity index (χ0n) is 10.6. The molecule has 1 aromatic heterocycles. The molecule has 0 amide bonds. The number of halogens is 1. The molecule has 4 heteroatoms. The highest BCUT2D eigenvalue weighted by Gasteiger charge is 2.21. The highest BCUT2D eigenvalue weighted by Crippen LogP contribution is 2.23. The van der Waals surface area contributed by atoms with E-state index in [0.717, 1.165) is 24.3 Å². The van der Waals surface area contributed by atoms with Crippen LogP contribution in [0.3, 0.4) is 0 Å². The fraction of sp³-hybridized carbons (Fsp3) is 0.769. The van der Waals surface area contributed by atoms with Crippen LogP contribution in [0.1, 0.15) is 31.4 Å². The van der Waals surface area contributed by atoms with Crippen LogP contribution in [-0.2, 0) is 13.5 Å². The molecule has 0 unspecified atom stereocenters. The van der Waals surface area contributed by atoms with Gasteiger partial charge in [-0.15, -0.1) is 0 Å². The molecule has 0 N–H and O–H groups in total. The molecule has 0 aromatic carbocycles. The summed E-state index contributed by atoms with van der Waals surface area (Å²) in [6.45, 7) is 2.33. The second-order valence-electron chi connectivity index (χ2n) is 4.86. The number of hydrogen-bond acceptors (Lipinski definition) is 2. The van der Waals surface area contributed by atoms with E-state index in [4.69, 9.17) is 0 Å². The topological polar surface area (TPSA) is 21.1 Å². The lowest BCUT2D eigenvalue weighted by atomic mass is 10.2. The summed E-state index contributed by atoms with van der Waals surface area (Å²) in [5, 5.41) is 5.31. The van der Waals surface area contributed by atoms with Crippen molar-refractivity contribution in [2.45, 2.75) is 38.1 Å². The summed E-state index contributed by atoms with van der Waals surface area (Å²) < 4.78 is 1.99. The molecule has 2 rings (SSSR count). The Hall–Kier alpha value is -0.350. The predicted octanol–water partition coefficient (Wildman–Crippen LogP) is 2.60. The first-order valence-corrected chi connectivity index (χ1v) is 7.70. The van der Waals surface area contributed by atoms with Crippen molar-refractivity contribution < 1.29 is 0 Å². The molecule has 0 bridgehead atoms. The third-order valence-electron chi connectivity index (χ3n) is 3.79. The lowest BCUT2D eigenvalue weighted by Gasteiger charge is -2.28. The molecule has 1 saturated carbocycles. The molecule has 96 valence electrons. The van der Waals surface area contributed by atoms with Gasteiger partial charge in [0.1, 0.15) is 0 Å². The molecule has 0 saturated heterocycles. The van der Waals surface area contributed by atoms with Crippen LogP contribution in [0.2, 0.25) is 0 Å². The van der Waals surface area contributed by atoms with Crippen LogP contribution in [-0.4, -0.2) is 39.1 Å². The molecule has 1 heterocycles. The summed E-state index contributed by atoms with van der Waals surface area (Å²) in [7, 11) is 2.03. The average Bonchev–Trinajstić information content (AvgIpc) is 2.96. The van der Waals surface area contributed by atoms with Crippen molar-refractivity contribution in [1.82, 2.24) is 14.7 Å². The minimum Gasteiger partial charge on any atom is -0.299 e. The molecular weight excluding hydrogens is 278 g/mol. The van der Waals surface area contributed by atoms with E-state index in [-0.39, 0.29) is 0 Å². The van der Waals surface area contributed by atoms with E-state index in [2.05, 4.69) is 32.0 Å². The molecule has 0 spiro atoms. The minimum absolute atomic E-state index is 0.820. The van der Waals surface area contributed by atoms with Gasteiger partial charge in [-0.2, -0.15) is 5.10 Å². The SMILES string of the molecule is Cn1nccc1CCN(CCBr)C1CCCC1. The van der Waals surface area contributed by atoms with Crippen molar-refractivity contribution in [3.05, 3.63) is 18.0 Å². The normalized spacial score (nSPS) is 17.1. The Morgan fingerprint density at radius 1 is 1.41 bits per heavy atom. The number of alkyl halides is 1. The van der Waals surface area contributed by atoms with Gasteiger partial charge in [0.25, 0.3) is 0 Å². The quantitative estimate of drug-likeness (QED) is 0.753. The summed E-state index contributed by atoms with van der Waals surface area (Å²) in [5.41, 5.74) is 1.34. The largest absolute Gasteiger partial charge is 0.299 e. The van der Waals surface area contributed by atoms with Crippen LogP contribution >= 0.6 is 15.9 Å². The van der Waals surface area contributed by atoms with Gasteiger partial charge in [-0.25, -0.2) is 0 Å². The molecule has 1 aromatic rings. The Bertz CT molecular complexity index is 331.